The van der Waals surface area contributed by atoms with Crippen LogP contribution in [0, 0.1) is 13.8 Å². The second-order valence-electron chi connectivity index (χ2n) is 6.39. The van der Waals surface area contributed by atoms with Crippen molar-refractivity contribution in [2.45, 2.75) is 57.1 Å². The average Bonchev–Trinajstić information content (AvgIpc) is 2.96. The van der Waals surface area contributed by atoms with Gasteiger partial charge in [0.25, 0.3) is 0 Å². The molecule has 0 spiro atoms. The van der Waals surface area contributed by atoms with E-state index >= 15 is 0 Å². The first-order valence-electron chi connectivity index (χ1n) is 8.54. The Morgan fingerprint density at radius 1 is 1.17 bits per heavy atom. The largest absolute Gasteiger partial charge is 0.325 e. The molecule has 0 radical (unpaired) electrons. The van der Waals surface area contributed by atoms with Crippen molar-refractivity contribution in [1.82, 2.24) is 14.8 Å². The summed E-state index contributed by atoms with van der Waals surface area (Å²) in [5.41, 5.74) is 2.01. The van der Waals surface area contributed by atoms with Gasteiger partial charge in [-0.05, 0) is 38.8 Å². The van der Waals surface area contributed by atoms with Gasteiger partial charge < -0.3 is 9.88 Å². The standard InChI is InChI=1S/C18H24N4OS/c1-13-8-10-15(11-9-13)19-17(23)12-24-18-21-20-14(2)22(18)16-6-4-3-5-7-16/h8-11,16H,3-7,12H2,1-2H3,(H,19,23). The molecule has 0 aliphatic heterocycles. The average molecular weight is 344 g/mol. The van der Waals surface area contributed by atoms with Gasteiger partial charge in [-0.3, -0.25) is 4.79 Å². The molecular formula is C18H24N4OS. The first-order chi connectivity index (χ1) is 11.6. The first kappa shape index (κ1) is 17.0. The topological polar surface area (TPSA) is 59.8 Å². The van der Waals surface area contributed by atoms with Crippen LogP contribution in [0.25, 0.3) is 0 Å². The number of carbonyl (C=O) groups is 1. The third kappa shape index (κ3) is 4.17. The molecule has 6 heteroatoms. The molecule has 0 saturated heterocycles. The normalized spacial score (nSPS) is 15.4. The molecule has 5 nitrogen and oxygen atoms in total. The number of nitrogens with zero attached hydrogens (tertiary/aromatic N) is 3. The molecule has 1 aliphatic carbocycles. The maximum absolute atomic E-state index is 12.2. The van der Waals surface area contributed by atoms with E-state index in [9.17, 15) is 4.79 Å². The highest BCUT2D eigenvalue weighted by Gasteiger charge is 2.21. The van der Waals surface area contributed by atoms with Gasteiger partial charge in [-0.15, -0.1) is 10.2 Å². The number of benzene rings is 1. The molecular weight excluding hydrogens is 320 g/mol. The highest BCUT2D eigenvalue weighted by molar-refractivity contribution is 7.99. The van der Waals surface area contributed by atoms with Crippen LogP contribution in [0.5, 0.6) is 0 Å². The highest BCUT2D eigenvalue weighted by Crippen LogP contribution is 2.32. The van der Waals surface area contributed by atoms with Gasteiger partial charge in [-0.2, -0.15) is 0 Å². The summed E-state index contributed by atoms with van der Waals surface area (Å²) in [6.45, 7) is 4.03. The van der Waals surface area contributed by atoms with E-state index in [1.807, 2.05) is 38.1 Å². The lowest BCUT2D eigenvalue weighted by Gasteiger charge is -2.24. The number of hydrogen-bond donors (Lipinski definition) is 1. The summed E-state index contributed by atoms with van der Waals surface area (Å²) < 4.78 is 2.23. The minimum Gasteiger partial charge on any atom is -0.325 e. The fraction of sp³-hybridized carbons (Fsp3) is 0.500. The van der Waals surface area contributed by atoms with E-state index in [1.165, 1.54) is 49.4 Å². The van der Waals surface area contributed by atoms with E-state index in [0.717, 1.165) is 16.7 Å². The van der Waals surface area contributed by atoms with Crippen LogP contribution in [-0.2, 0) is 4.79 Å². The number of aromatic nitrogens is 3. The Morgan fingerprint density at radius 2 is 1.88 bits per heavy atom. The Kier molecular flexibility index (Phi) is 5.56. The summed E-state index contributed by atoms with van der Waals surface area (Å²) in [6, 6.07) is 8.31. The molecule has 24 heavy (non-hydrogen) atoms. The van der Waals surface area contributed by atoms with Crippen molar-refractivity contribution in [3.8, 4) is 0 Å². The summed E-state index contributed by atoms with van der Waals surface area (Å²) in [6.07, 6.45) is 6.21. The molecule has 128 valence electrons. The molecule has 1 aliphatic rings. The van der Waals surface area contributed by atoms with Gasteiger partial charge in [0.15, 0.2) is 5.16 Å². The van der Waals surface area contributed by atoms with E-state index in [0.29, 0.717) is 11.8 Å². The lowest BCUT2D eigenvalue weighted by Crippen LogP contribution is -2.17. The number of anilines is 1. The lowest BCUT2D eigenvalue weighted by atomic mass is 9.95. The van der Waals surface area contributed by atoms with Crippen LogP contribution in [0.3, 0.4) is 0 Å². The quantitative estimate of drug-likeness (QED) is 0.829. The number of hydrogen-bond acceptors (Lipinski definition) is 4. The van der Waals surface area contributed by atoms with E-state index in [1.54, 1.807) is 0 Å². The van der Waals surface area contributed by atoms with Crippen molar-refractivity contribution in [3.05, 3.63) is 35.7 Å². The van der Waals surface area contributed by atoms with Crippen molar-refractivity contribution in [3.63, 3.8) is 0 Å². The van der Waals surface area contributed by atoms with Gasteiger partial charge >= 0.3 is 0 Å². The van der Waals surface area contributed by atoms with Crippen molar-refractivity contribution in [2.75, 3.05) is 11.1 Å². The molecule has 1 aromatic carbocycles. The van der Waals surface area contributed by atoms with Crippen LogP contribution < -0.4 is 5.32 Å². The molecule has 1 amide bonds. The fourth-order valence-electron chi connectivity index (χ4n) is 3.17. The van der Waals surface area contributed by atoms with Crippen molar-refractivity contribution >= 4 is 23.4 Å². The predicted octanol–water partition coefficient (Wildman–Crippen LogP) is 4.13. The molecule has 0 bridgehead atoms. The first-order valence-corrected chi connectivity index (χ1v) is 9.53. The van der Waals surface area contributed by atoms with Crippen LogP contribution in [0.15, 0.2) is 29.4 Å². The van der Waals surface area contributed by atoms with Crippen LogP contribution in [0.1, 0.15) is 49.5 Å². The molecule has 0 unspecified atom stereocenters. The second kappa shape index (κ2) is 7.83. The molecule has 2 aromatic rings. The van der Waals surface area contributed by atoms with Gasteiger partial charge in [0.05, 0.1) is 5.75 Å². The minimum absolute atomic E-state index is 0.0142. The number of amides is 1. The zero-order valence-corrected chi connectivity index (χ0v) is 15.1. The lowest BCUT2D eigenvalue weighted by molar-refractivity contribution is -0.113. The third-order valence-electron chi connectivity index (χ3n) is 4.44. The van der Waals surface area contributed by atoms with E-state index < -0.39 is 0 Å². The maximum atomic E-state index is 12.2. The Balaban J connectivity index is 1.60. The Labute approximate surface area is 147 Å². The molecule has 1 fully saturated rings. The van der Waals surface area contributed by atoms with Crippen LogP contribution in [0.2, 0.25) is 0 Å². The van der Waals surface area contributed by atoms with Gasteiger partial charge in [-0.1, -0.05) is 48.7 Å². The third-order valence-corrected chi connectivity index (χ3v) is 5.39. The summed E-state index contributed by atoms with van der Waals surface area (Å²) in [5.74, 6) is 1.28. The Morgan fingerprint density at radius 3 is 2.58 bits per heavy atom. The zero-order chi connectivity index (χ0) is 16.9. The maximum Gasteiger partial charge on any atom is 0.234 e. The highest BCUT2D eigenvalue weighted by atomic mass is 32.2. The molecule has 3 rings (SSSR count). The molecule has 1 saturated carbocycles. The number of rotatable bonds is 5. The predicted molar refractivity (Wildman–Crippen MR) is 97.4 cm³/mol. The van der Waals surface area contributed by atoms with Crippen LogP contribution >= 0.6 is 11.8 Å². The number of thioether (sulfide) groups is 1. The van der Waals surface area contributed by atoms with Crippen molar-refractivity contribution in [2.24, 2.45) is 0 Å². The summed E-state index contributed by atoms with van der Waals surface area (Å²) >= 11 is 1.47. The zero-order valence-electron chi connectivity index (χ0n) is 14.3. The van der Waals surface area contributed by atoms with Crippen LogP contribution in [0.4, 0.5) is 5.69 Å². The number of nitrogens with one attached hydrogen (secondary N) is 1. The second-order valence-corrected chi connectivity index (χ2v) is 7.34. The SMILES string of the molecule is Cc1ccc(NC(=O)CSc2nnc(C)n2C2CCCCC2)cc1. The summed E-state index contributed by atoms with van der Waals surface area (Å²) in [5, 5.41) is 12.3. The van der Waals surface area contributed by atoms with E-state index in [4.69, 9.17) is 0 Å². The number of carbonyl (C=O) groups excluding carboxylic acids is 1. The smallest absolute Gasteiger partial charge is 0.234 e. The van der Waals surface area contributed by atoms with Gasteiger partial charge in [-0.25, -0.2) is 0 Å². The van der Waals surface area contributed by atoms with Gasteiger partial charge in [0.1, 0.15) is 5.82 Å². The van der Waals surface area contributed by atoms with E-state index in [2.05, 4.69) is 20.1 Å². The molecule has 1 aromatic heterocycles. The summed E-state index contributed by atoms with van der Waals surface area (Å²) in [4.78, 5) is 12.2. The minimum atomic E-state index is -0.0142. The molecule has 1 heterocycles. The van der Waals surface area contributed by atoms with Gasteiger partial charge in [0, 0.05) is 11.7 Å². The number of aryl methyl sites for hydroxylation is 2. The van der Waals surface area contributed by atoms with Crippen molar-refractivity contribution < 1.29 is 4.79 Å². The molecule has 0 atom stereocenters. The van der Waals surface area contributed by atoms with E-state index in [-0.39, 0.29) is 5.91 Å². The monoisotopic (exact) mass is 344 g/mol. The Bertz CT molecular complexity index is 690. The fourth-order valence-corrected chi connectivity index (χ4v) is 4.02. The Hall–Kier alpha value is -1.82. The van der Waals surface area contributed by atoms with Gasteiger partial charge in [0.2, 0.25) is 5.91 Å². The summed E-state index contributed by atoms with van der Waals surface area (Å²) in [7, 11) is 0. The van der Waals surface area contributed by atoms with Crippen LogP contribution in [-0.4, -0.2) is 26.4 Å². The van der Waals surface area contributed by atoms with Crippen molar-refractivity contribution in [1.29, 1.82) is 0 Å². The molecule has 1 N–H and O–H groups in total.